The molecule has 0 heterocycles. The summed E-state index contributed by atoms with van der Waals surface area (Å²) in [5.41, 5.74) is 4.76. The van der Waals surface area contributed by atoms with Crippen LogP contribution in [0, 0.1) is 5.92 Å². The molecule has 0 saturated heterocycles. The molecule has 34 heavy (non-hydrogen) atoms. The van der Waals surface area contributed by atoms with Crippen molar-refractivity contribution in [3.05, 3.63) is 59.7 Å². The van der Waals surface area contributed by atoms with E-state index in [1.54, 1.807) is 0 Å². The van der Waals surface area contributed by atoms with Gasteiger partial charge in [-0.1, -0.05) is 68.3 Å². The van der Waals surface area contributed by atoms with Crippen molar-refractivity contribution in [2.75, 3.05) is 19.7 Å². The molecule has 2 amide bonds. The first-order valence-electron chi connectivity index (χ1n) is 12.1. The highest BCUT2D eigenvalue weighted by molar-refractivity contribution is 5.79. The Labute approximate surface area is 200 Å². The molecule has 0 spiro atoms. The Balaban J connectivity index is 1.30. The number of carboxylic acids is 1. The summed E-state index contributed by atoms with van der Waals surface area (Å²) in [7, 11) is 0. The molecule has 1 aliphatic rings. The fraction of sp³-hybridized carbons (Fsp3) is 0.444. The number of hydrogen-bond donors (Lipinski definition) is 3. The van der Waals surface area contributed by atoms with Crippen LogP contribution in [0.4, 0.5) is 4.79 Å². The molecule has 0 saturated carbocycles. The van der Waals surface area contributed by atoms with E-state index in [-0.39, 0.29) is 24.2 Å². The van der Waals surface area contributed by atoms with Crippen LogP contribution < -0.4 is 10.6 Å². The van der Waals surface area contributed by atoms with Gasteiger partial charge in [0.1, 0.15) is 6.61 Å². The predicted molar refractivity (Wildman–Crippen MR) is 131 cm³/mol. The maximum Gasteiger partial charge on any atom is 0.407 e. The number of carboxylic acid groups (broad SMARTS) is 1. The van der Waals surface area contributed by atoms with E-state index >= 15 is 0 Å². The Bertz CT molecular complexity index is 945. The number of fused-ring (bicyclic) bond motifs is 3. The topological polar surface area (TPSA) is 105 Å². The quantitative estimate of drug-likeness (QED) is 0.371. The molecule has 2 aromatic rings. The molecule has 3 rings (SSSR count). The Morgan fingerprint density at radius 3 is 2.21 bits per heavy atom. The second kappa shape index (κ2) is 12.8. The lowest BCUT2D eigenvalue weighted by Gasteiger charge is -2.14. The van der Waals surface area contributed by atoms with Crippen LogP contribution >= 0.6 is 0 Å². The second-order valence-electron chi connectivity index (χ2n) is 8.74. The first-order valence-corrected chi connectivity index (χ1v) is 12.1. The van der Waals surface area contributed by atoms with E-state index < -0.39 is 12.1 Å². The zero-order valence-electron chi connectivity index (χ0n) is 19.7. The van der Waals surface area contributed by atoms with Crippen molar-refractivity contribution >= 4 is 18.0 Å². The zero-order valence-corrected chi connectivity index (χ0v) is 19.7. The number of carbonyl (C=O) groups excluding carboxylic acids is 2. The third kappa shape index (κ3) is 7.07. The lowest BCUT2D eigenvalue weighted by atomic mass is 9.98. The van der Waals surface area contributed by atoms with Crippen molar-refractivity contribution < 1.29 is 24.2 Å². The average molecular weight is 467 g/mol. The first kappa shape index (κ1) is 25.3. The average Bonchev–Trinajstić information content (AvgIpc) is 3.16. The van der Waals surface area contributed by atoms with Crippen molar-refractivity contribution in [2.24, 2.45) is 5.92 Å². The Hall–Kier alpha value is -3.35. The van der Waals surface area contributed by atoms with Gasteiger partial charge in [-0.25, -0.2) is 4.79 Å². The molecule has 7 nitrogen and oxygen atoms in total. The van der Waals surface area contributed by atoms with Gasteiger partial charge in [0.05, 0.1) is 0 Å². The van der Waals surface area contributed by atoms with Crippen molar-refractivity contribution in [3.8, 4) is 11.1 Å². The van der Waals surface area contributed by atoms with Crippen LogP contribution in [0.15, 0.2) is 48.5 Å². The normalized spacial score (nSPS) is 13.0. The molecule has 0 bridgehead atoms. The number of unbranched alkanes of at least 4 members (excludes halogenated alkanes) is 2. The van der Waals surface area contributed by atoms with Gasteiger partial charge in [-0.15, -0.1) is 0 Å². The maximum atomic E-state index is 12.2. The van der Waals surface area contributed by atoms with E-state index in [1.807, 2.05) is 31.2 Å². The van der Waals surface area contributed by atoms with Crippen molar-refractivity contribution in [1.82, 2.24) is 10.6 Å². The van der Waals surface area contributed by atoms with Crippen molar-refractivity contribution in [3.63, 3.8) is 0 Å². The molecule has 0 fully saturated rings. The largest absolute Gasteiger partial charge is 0.481 e. The summed E-state index contributed by atoms with van der Waals surface area (Å²) in [6.45, 7) is 3.10. The number of nitrogens with one attached hydrogen (secondary N) is 2. The minimum Gasteiger partial charge on any atom is -0.481 e. The van der Waals surface area contributed by atoms with Gasteiger partial charge >= 0.3 is 12.1 Å². The summed E-state index contributed by atoms with van der Waals surface area (Å²) in [5.74, 6) is -0.902. The van der Waals surface area contributed by atoms with E-state index in [4.69, 9.17) is 9.84 Å². The van der Waals surface area contributed by atoms with E-state index in [0.717, 1.165) is 12.8 Å². The van der Waals surface area contributed by atoms with Gasteiger partial charge in [0, 0.05) is 31.8 Å². The molecule has 1 atom stereocenters. The van der Waals surface area contributed by atoms with Gasteiger partial charge in [-0.2, -0.15) is 0 Å². The van der Waals surface area contributed by atoms with Crippen LogP contribution in [0.5, 0.6) is 0 Å². The summed E-state index contributed by atoms with van der Waals surface area (Å²) in [5, 5.41) is 14.5. The van der Waals surface area contributed by atoms with Crippen LogP contribution in [0.2, 0.25) is 0 Å². The highest BCUT2D eigenvalue weighted by atomic mass is 16.5. The molecule has 1 aliphatic carbocycles. The van der Waals surface area contributed by atoms with Gasteiger partial charge in [0.25, 0.3) is 0 Å². The minimum atomic E-state index is -0.843. The van der Waals surface area contributed by atoms with Gasteiger partial charge in [-0.3, -0.25) is 9.59 Å². The van der Waals surface area contributed by atoms with Gasteiger partial charge in [0.2, 0.25) is 5.91 Å². The van der Waals surface area contributed by atoms with Gasteiger partial charge in [-0.05, 0) is 41.0 Å². The molecule has 0 aliphatic heterocycles. The van der Waals surface area contributed by atoms with E-state index in [1.165, 1.54) is 22.3 Å². The van der Waals surface area contributed by atoms with Crippen LogP contribution in [0.25, 0.3) is 11.1 Å². The second-order valence-corrected chi connectivity index (χ2v) is 8.74. The van der Waals surface area contributed by atoms with Crippen molar-refractivity contribution in [1.29, 1.82) is 0 Å². The molecule has 2 aromatic carbocycles. The van der Waals surface area contributed by atoms with Gasteiger partial charge in [0.15, 0.2) is 0 Å². The van der Waals surface area contributed by atoms with Crippen LogP contribution in [-0.4, -0.2) is 42.8 Å². The third-order valence-corrected chi connectivity index (χ3v) is 6.32. The molecule has 182 valence electrons. The molecular formula is C27H34N2O5. The fourth-order valence-corrected chi connectivity index (χ4v) is 4.38. The lowest BCUT2D eigenvalue weighted by Crippen LogP contribution is -2.30. The summed E-state index contributed by atoms with van der Waals surface area (Å²) in [6.07, 6.45) is 3.04. The Morgan fingerprint density at radius 1 is 0.941 bits per heavy atom. The maximum absolute atomic E-state index is 12.2. The SMILES string of the molecule is CCC(CNC(=O)CCCCCNC(=O)OCC1c2ccccc2-c2ccccc21)CC(=O)O. The summed E-state index contributed by atoms with van der Waals surface area (Å²) >= 11 is 0. The highest BCUT2D eigenvalue weighted by Crippen LogP contribution is 2.44. The smallest absolute Gasteiger partial charge is 0.407 e. The molecule has 1 unspecified atom stereocenters. The third-order valence-electron chi connectivity index (χ3n) is 6.32. The Morgan fingerprint density at radius 2 is 1.59 bits per heavy atom. The van der Waals surface area contributed by atoms with Crippen LogP contribution in [-0.2, 0) is 14.3 Å². The predicted octanol–water partition coefficient (Wildman–Crippen LogP) is 4.70. The van der Waals surface area contributed by atoms with Gasteiger partial charge < -0.3 is 20.5 Å². The number of rotatable bonds is 13. The zero-order chi connectivity index (χ0) is 24.3. The molecule has 3 N–H and O–H groups in total. The molecule has 0 radical (unpaired) electrons. The number of aliphatic carboxylic acids is 1. The molecule has 7 heteroatoms. The van der Waals surface area contributed by atoms with Crippen LogP contribution in [0.3, 0.4) is 0 Å². The fourth-order valence-electron chi connectivity index (χ4n) is 4.38. The number of alkyl carbamates (subject to hydrolysis) is 1. The Kier molecular flexibility index (Phi) is 9.50. The highest BCUT2D eigenvalue weighted by Gasteiger charge is 2.28. The minimum absolute atomic E-state index is 0.0390. The number of amides is 2. The summed E-state index contributed by atoms with van der Waals surface area (Å²) in [4.78, 5) is 34.9. The number of carbonyl (C=O) groups is 3. The monoisotopic (exact) mass is 466 g/mol. The lowest BCUT2D eigenvalue weighted by molar-refractivity contribution is -0.138. The number of benzene rings is 2. The summed E-state index contributed by atoms with van der Waals surface area (Å²) in [6, 6.07) is 16.5. The van der Waals surface area contributed by atoms with E-state index in [9.17, 15) is 14.4 Å². The molecule has 0 aromatic heterocycles. The standard InChI is InChI=1S/C27H34N2O5/c1-2-19(16-26(31)32)17-29-25(30)14-4-3-9-15-28-27(33)34-18-24-22-12-7-5-10-20(22)21-11-6-8-13-23(21)24/h5-8,10-13,19,24H,2-4,9,14-18H2,1H3,(H,28,33)(H,29,30)(H,31,32). The van der Waals surface area contributed by atoms with E-state index in [0.29, 0.717) is 39.0 Å². The van der Waals surface area contributed by atoms with Crippen molar-refractivity contribution in [2.45, 2.75) is 51.4 Å². The first-order chi connectivity index (χ1) is 16.5. The molecular weight excluding hydrogens is 432 g/mol. The summed E-state index contributed by atoms with van der Waals surface area (Å²) < 4.78 is 5.52. The van der Waals surface area contributed by atoms with E-state index in [2.05, 4.69) is 34.9 Å². The number of ether oxygens (including phenoxy) is 1. The van der Waals surface area contributed by atoms with Crippen LogP contribution in [0.1, 0.15) is 62.5 Å². The number of hydrogen-bond acceptors (Lipinski definition) is 4.